The molecule has 2 aromatic heterocycles. The molecule has 4 rings (SSSR count). The van der Waals surface area contributed by atoms with Crippen LogP contribution >= 0.6 is 11.8 Å². The van der Waals surface area contributed by atoms with Crippen LogP contribution in [-0.4, -0.2) is 48.4 Å². The highest BCUT2D eigenvalue weighted by atomic mass is 32.2. The van der Waals surface area contributed by atoms with E-state index >= 15 is 0 Å². The molecule has 1 aliphatic rings. The van der Waals surface area contributed by atoms with Crippen molar-refractivity contribution in [2.24, 2.45) is 0 Å². The molecule has 152 valence electrons. The van der Waals surface area contributed by atoms with Crippen molar-refractivity contribution in [1.82, 2.24) is 24.6 Å². The number of nitrogens with one attached hydrogen (secondary N) is 1. The second-order valence-corrected chi connectivity index (χ2v) is 8.68. The van der Waals surface area contributed by atoms with Gasteiger partial charge in [-0.15, -0.1) is 0 Å². The molecule has 8 heteroatoms. The Bertz CT molecular complexity index is 1060. The average Bonchev–Trinajstić information content (AvgIpc) is 3.18. The summed E-state index contributed by atoms with van der Waals surface area (Å²) in [5, 5.41) is 4.87. The van der Waals surface area contributed by atoms with E-state index in [4.69, 9.17) is 0 Å². The van der Waals surface area contributed by atoms with Gasteiger partial charge in [0, 0.05) is 12.6 Å². The van der Waals surface area contributed by atoms with Crippen LogP contribution in [0.5, 0.6) is 0 Å². The molecule has 1 aliphatic heterocycles. The summed E-state index contributed by atoms with van der Waals surface area (Å²) in [6.45, 7) is 4.82. The van der Waals surface area contributed by atoms with Gasteiger partial charge in [-0.1, -0.05) is 36.9 Å². The number of benzene rings is 1. The fourth-order valence-corrected chi connectivity index (χ4v) is 4.74. The SMILES string of the molecule is CCC1CCCCN1C(=O)C(C)Sc1nc2c(cnn2-c2ccccc2)c(=O)[nH]1. The summed E-state index contributed by atoms with van der Waals surface area (Å²) in [6.07, 6.45) is 5.80. The Morgan fingerprint density at radius 3 is 2.86 bits per heavy atom. The van der Waals surface area contributed by atoms with Gasteiger partial charge in [0.25, 0.3) is 5.56 Å². The molecule has 3 heterocycles. The molecular weight excluding hydrogens is 386 g/mol. The molecule has 2 unspecified atom stereocenters. The van der Waals surface area contributed by atoms with Gasteiger partial charge in [0.15, 0.2) is 10.8 Å². The van der Waals surface area contributed by atoms with E-state index in [-0.39, 0.29) is 16.7 Å². The van der Waals surface area contributed by atoms with Crippen molar-refractivity contribution in [3.63, 3.8) is 0 Å². The van der Waals surface area contributed by atoms with Crippen LogP contribution in [-0.2, 0) is 4.79 Å². The zero-order valence-electron chi connectivity index (χ0n) is 16.7. The first-order valence-corrected chi connectivity index (χ1v) is 11.0. The number of thioether (sulfide) groups is 1. The maximum absolute atomic E-state index is 13.0. The number of H-pyrrole nitrogens is 1. The molecule has 1 saturated heterocycles. The molecular formula is C21H25N5O2S. The standard InChI is InChI=1S/C21H25N5O2S/c1-3-15-9-7-8-12-25(15)20(28)14(2)29-21-23-18-17(19(27)24-21)13-22-26(18)16-10-5-4-6-11-16/h4-6,10-11,13-15H,3,7-9,12H2,1-2H3,(H,23,24,27). The maximum atomic E-state index is 13.0. The Labute approximate surface area is 173 Å². The molecule has 1 fully saturated rings. The number of para-hydroxylation sites is 1. The van der Waals surface area contributed by atoms with Crippen molar-refractivity contribution in [3.8, 4) is 5.69 Å². The quantitative estimate of drug-likeness (QED) is 0.514. The number of aromatic nitrogens is 4. The van der Waals surface area contributed by atoms with E-state index in [9.17, 15) is 9.59 Å². The van der Waals surface area contributed by atoms with Crippen LogP contribution in [0.15, 0.2) is 46.5 Å². The van der Waals surface area contributed by atoms with Gasteiger partial charge in [-0.2, -0.15) is 5.10 Å². The number of hydrogen-bond donors (Lipinski definition) is 1. The number of amides is 1. The molecule has 3 aromatic rings. The average molecular weight is 412 g/mol. The molecule has 0 saturated carbocycles. The Morgan fingerprint density at radius 2 is 2.10 bits per heavy atom. The van der Waals surface area contributed by atoms with E-state index in [2.05, 4.69) is 22.0 Å². The highest BCUT2D eigenvalue weighted by Crippen LogP contribution is 2.26. The van der Waals surface area contributed by atoms with Gasteiger partial charge in [0.1, 0.15) is 5.39 Å². The smallest absolute Gasteiger partial charge is 0.262 e. The number of aromatic amines is 1. The van der Waals surface area contributed by atoms with Gasteiger partial charge in [-0.05, 0) is 44.7 Å². The molecule has 29 heavy (non-hydrogen) atoms. The highest BCUT2D eigenvalue weighted by molar-refractivity contribution is 8.00. The zero-order chi connectivity index (χ0) is 20.4. The number of piperidine rings is 1. The summed E-state index contributed by atoms with van der Waals surface area (Å²) in [5.41, 5.74) is 1.08. The topological polar surface area (TPSA) is 83.9 Å². The lowest BCUT2D eigenvalue weighted by molar-refractivity contribution is -0.134. The zero-order valence-corrected chi connectivity index (χ0v) is 17.5. The third kappa shape index (κ3) is 3.94. The van der Waals surface area contributed by atoms with Crippen molar-refractivity contribution in [2.45, 2.75) is 56.0 Å². The summed E-state index contributed by atoms with van der Waals surface area (Å²) < 4.78 is 1.65. The predicted molar refractivity (Wildman–Crippen MR) is 114 cm³/mol. The first-order chi connectivity index (χ1) is 14.1. The summed E-state index contributed by atoms with van der Waals surface area (Å²) in [5.74, 6) is 0.112. The number of hydrogen-bond acceptors (Lipinski definition) is 5. The minimum Gasteiger partial charge on any atom is -0.339 e. The number of likely N-dealkylation sites (tertiary alicyclic amines) is 1. The second kappa shape index (κ2) is 8.41. The van der Waals surface area contributed by atoms with E-state index in [1.54, 1.807) is 4.68 Å². The molecule has 7 nitrogen and oxygen atoms in total. The maximum Gasteiger partial charge on any atom is 0.262 e. The van der Waals surface area contributed by atoms with Crippen molar-refractivity contribution in [1.29, 1.82) is 0 Å². The minimum absolute atomic E-state index is 0.112. The minimum atomic E-state index is -0.323. The molecule has 1 aromatic carbocycles. The van der Waals surface area contributed by atoms with E-state index in [1.807, 2.05) is 42.2 Å². The highest BCUT2D eigenvalue weighted by Gasteiger charge is 2.29. The number of nitrogens with zero attached hydrogens (tertiary/aromatic N) is 4. The Balaban J connectivity index is 1.61. The van der Waals surface area contributed by atoms with Crippen molar-refractivity contribution >= 4 is 28.7 Å². The molecule has 1 N–H and O–H groups in total. The summed E-state index contributed by atoms with van der Waals surface area (Å²) >= 11 is 1.30. The van der Waals surface area contributed by atoms with Crippen molar-refractivity contribution in [2.75, 3.05) is 6.54 Å². The number of carbonyl (C=O) groups is 1. The van der Waals surface area contributed by atoms with Gasteiger partial charge in [-0.3, -0.25) is 9.59 Å². The lowest BCUT2D eigenvalue weighted by atomic mass is 10.00. The number of fused-ring (bicyclic) bond motifs is 1. The monoisotopic (exact) mass is 411 g/mol. The fraction of sp³-hybridized carbons (Fsp3) is 0.429. The first kappa shape index (κ1) is 19.7. The Morgan fingerprint density at radius 1 is 1.31 bits per heavy atom. The van der Waals surface area contributed by atoms with Crippen molar-refractivity contribution in [3.05, 3.63) is 46.9 Å². The van der Waals surface area contributed by atoms with Crippen molar-refractivity contribution < 1.29 is 4.79 Å². The Kier molecular flexibility index (Phi) is 5.71. The predicted octanol–water partition coefficient (Wildman–Crippen LogP) is 3.38. The molecule has 0 spiro atoms. The fourth-order valence-electron chi connectivity index (χ4n) is 3.88. The Hall–Kier alpha value is -2.61. The van der Waals surface area contributed by atoms with Gasteiger partial charge in [-0.25, -0.2) is 9.67 Å². The molecule has 2 atom stereocenters. The second-order valence-electron chi connectivity index (χ2n) is 7.35. The third-order valence-electron chi connectivity index (χ3n) is 5.43. The van der Waals surface area contributed by atoms with E-state index in [0.717, 1.165) is 31.5 Å². The number of carbonyl (C=O) groups excluding carboxylic acids is 1. The van der Waals surface area contributed by atoms with Crippen LogP contribution in [0.2, 0.25) is 0 Å². The molecule has 0 radical (unpaired) electrons. The van der Waals surface area contributed by atoms with Gasteiger partial charge >= 0.3 is 0 Å². The van der Waals surface area contributed by atoms with E-state index < -0.39 is 0 Å². The van der Waals surface area contributed by atoms with Crippen LogP contribution < -0.4 is 5.56 Å². The van der Waals surface area contributed by atoms with Gasteiger partial charge < -0.3 is 9.88 Å². The van der Waals surface area contributed by atoms with E-state index in [1.165, 1.54) is 24.4 Å². The third-order valence-corrected chi connectivity index (χ3v) is 6.41. The molecule has 0 aliphatic carbocycles. The van der Waals surface area contributed by atoms with Crippen LogP contribution in [0, 0.1) is 0 Å². The summed E-state index contributed by atoms with van der Waals surface area (Å²) in [4.78, 5) is 35.0. The molecule has 0 bridgehead atoms. The van der Waals surface area contributed by atoms with Gasteiger partial charge in [0.05, 0.1) is 17.1 Å². The van der Waals surface area contributed by atoms with Crippen LogP contribution in [0.25, 0.3) is 16.7 Å². The summed E-state index contributed by atoms with van der Waals surface area (Å²) in [7, 11) is 0. The van der Waals surface area contributed by atoms with E-state index in [0.29, 0.717) is 22.2 Å². The summed E-state index contributed by atoms with van der Waals surface area (Å²) in [6, 6.07) is 9.89. The van der Waals surface area contributed by atoms with Gasteiger partial charge in [0.2, 0.25) is 5.91 Å². The number of rotatable bonds is 5. The lowest BCUT2D eigenvalue weighted by Crippen LogP contribution is -2.46. The van der Waals surface area contributed by atoms with Crippen LogP contribution in [0.4, 0.5) is 0 Å². The molecule has 1 amide bonds. The first-order valence-electron chi connectivity index (χ1n) is 10.1. The largest absolute Gasteiger partial charge is 0.339 e. The normalized spacial score (nSPS) is 18.1. The van der Waals surface area contributed by atoms with Crippen LogP contribution in [0.1, 0.15) is 39.5 Å². The lowest BCUT2D eigenvalue weighted by Gasteiger charge is -2.36. The van der Waals surface area contributed by atoms with Crippen LogP contribution in [0.3, 0.4) is 0 Å².